The van der Waals surface area contributed by atoms with Crippen molar-refractivity contribution >= 4 is 12.1 Å². The summed E-state index contributed by atoms with van der Waals surface area (Å²) in [5.74, 6) is 0.382. The summed E-state index contributed by atoms with van der Waals surface area (Å²) >= 11 is 0. The van der Waals surface area contributed by atoms with Crippen LogP contribution in [0.2, 0.25) is 0 Å². The number of carbonyl (C=O) groups is 1. The van der Waals surface area contributed by atoms with Crippen molar-refractivity contribution in [2.75, 3.05) is 6.61 Å². The Morgan fingerprint density at radius 1 is 0.962 bits per heavy atom. The van der Waals surface area contributed by atoms with E-state index in [9.17, 15) is 9.90 Å². The molecule has 130 valence electrons. The van der Waals surface area contributed by atoms with E-state index in [1.165, 1.54) is 6.21 Å². The second-order valence-corrected chi connectivity index (χ2v) is 5.57. The molecule has 0 aliphatic carbocycles. The molecule has 0 unspecified atom stereocenters. The molecule has 3 aromatic carbocycles. The second kappa shape index (κ2) is 8.48. The molecule has 0 spiro atoms. The fourth-order valence-electron chi connectivity index (χ4n) is 2.34. The third kappa shape index (κ3) is 4.95. The SMILES string of the molecule is O=C(COc1ccc(-c2ccccc2)cc1)N/N=C\c1cccc(O)c1. The van der Waals surface area contributed by atoms with Crippen LogP contribution in [-0.2, 0) is 4.79 Å². The highest BCUT2D eigenvalue weighted by atomic mass is 16.5. The molecule has 0 heterocycles. The van der Waals surface area contributed by atoms with Crippen LogP contribution in [0.15, 0.2) is 84.0 Å². The first kappa shape index (κ1) is 17.2. The third-order valence-electron chi connectivity index (χ3n) is 3.60. The van der Waals surface area contributed by atoms with Gasteiger partial charge in [-0.1, -0.05) is 54.6 Å². The molecule has 1 amide bonds. The lowest BCUT2D eigenvalue weighted by Gasteiger charge is -2.06. The molecule has 0 bridgehead atoms. The van der Waals surface area contributed by atoms with Crippen LogP contribution >= 0.6 is 0 Å². The number of nitrogens with one attached hydrogen (secondary N) is 1. The minimum Gasteiger partial charge on any atom is -0.508 e. The smallest absolute Gasteiger partial charge is 0.277 e. The Morgan fingerprint density at radius 2 is 1.69 bits per heavy atom. The Kier molecular flexibility index (Phi) is 5.62. The predicted octanol–water partition coefficient (Wildman–Crippen LogP) is 3.59. The predicted molar refractivity (Wildman–Crippen MR) is 101 cm³/mol. The fourth-order valence-corrected chi connectivity index (χ4v) is 2.34. The zero-order valence-corrected chi connectivity index (χ0v) is 14.0. The standard InChI is InChI=1S/C21H18N2O3/c24-19-8-4-5-16(13-19)14-22-23-21(25)15-26-20-11-9-18(10-12-20)17-6-2-1-3-7-17/h1-14,24H,15H2,(H,23,25)/b22-14-. The van der Waals surface area contributed by atoms with Crippen LogP contribution in [0.4, 0.5) is 0 Å². The average Bonchev–Trinajstić information content (AvgIpc) is 2.68. The van der Waals surface area contributed by atoms with Crippen LogP contribution < -0.4 is 10.2 Å². The van der Waals surface area contributed by atoms with Crippen LogP contribution in [0.3, 0.4) is 0 Å². The van der Waals surface area contributed by atoms with Gasteiger partial charge in [-0.15, -0.1) is 0 Å². The lowest BCUT2D eigenvalue weighted by Crippen LogP contribution is -2.24. The number of ether oxygens (including phenoxy) is 1. The highest BCUT2D eigenvalue weighted by molar-refractivity contribution is 5.83. The number of phenols is 1. The molecule has 0 radical (unpaired) electrons. The molecule has 0 saturated heterocycles. The third-order valence-corrected chi connectivity index (χ3v) is 3.60. The topological polar surface area (TPSA) is 70.9 Å². The lowest BCUT2D eigenvalue weighted by molar-refractivity contribution is -0.123. The first-order chi connectivity index (χ1) is 12.7. The number of phenolic OH excluding ortho intramolecular Hbond substituents is 1. The summed E-state index contributed by atoms with van der Waals surface area (Å²) in [6.45, 7) is -0.137. The van der Waals surface area contributed by atoms with Crippen LogP contribution in [-0.4, -0.2) is 23.8 Å². The maximum atomic E-state index is 11.8. The van der Waals surface area contributed by atoms with E-state index in [2.05, 4.69) is 10.5 Å². The monoisotopic (exact) mass is 346 g/mol. The lowest BCUT2D eigenvalue weighted by atomic mass is 10.1. The molecule has 5 heteroatoms. The van der Waals surface area contributed by atoms with Crippen LogP contribution in [0.5, 0.6) is 11.5 Å². The number of amides is 1. The number of rotatable bonds is 6. The van der Waals surface area contributed by atoms with Gasteiger partial charge in [-0.2, -0.15) is 5.10 Å². The molecule has 3 aromatic rings. The van der Waals surface area contributed by atoms with Gasteiger partial charge in [0.15, 0.2) is 6.61 Å². The normalized spacial score (nSPS) is 10.6. The van der Waals surface area contributed by atoms with Gasteiger partial charge >= 0.3 is 0 Å². The van der Waals surface area contributed by atoms with E-state index in [1.54, 1.807) is 24.3 Å². The Hall–Kier alpha value is -3.60. The summed E-state index contributed by atoms with van der Waals surface area (Å²) in [4.78, 5) is 11.8. The van der Waals surface area contributed by atoms with Gasteiger partial charge in [0.25, 0.3) is 5.91 Å². The minimum atomic E-state index is -0.367. The maximum absolute atomic E-state index is 11.8. The summed E-state index contributed by atoms with van der Waals surface area (Å²) in [5, 5.41) is 13.2. The number of benzene rings is 3. The first-order valence-electron chi connectivity index (χ1n) is 8.10. The number of carbonyl (C=O) groups excluding carboxylic acids is 1. The number of aromatic hydroxyl groups is 1. The van der Waals surface area contributed by atoms with Gasteiger partial charge in [-0.25, -0.2) is 5.43 Å². The van der Waals surface area contributed by atoms with Gasteiger partial charge in [-0.05, 0) is 41.0 Å². The molecule has 0 aliphatic rings. The molecule has 5 nitrogen and oxygen atoms in total. The zero-order valence-electron chi connectivity index (χ0n) is 14.0. The van der Waals surface area contributed by atoms with Gasteiger partial charge in [0.2, 0.25) is 0 Å². The van der Waals surface area contributed by atoms with Crippen molar-refractivity contribution in [1.82, 2.24) is 5.43 Å². The quantitative estimate of drug-likeness (QED) is 0.529. The molecular weight excluding hydrogens is 328 g/mol. The average molecular weight is 346 g/mol. The van der Waals surface area contributed by atoms with Crippen molar-refractivity contribution in [2.24, 2.45) is 5.10 Å². The Bertz CT molecular complexity index is 891. The van der Waals surface area contributed by atoms with Crippen molar-refractivity contribution in [3.63, 3.8) is 0 Å². The number of nitrogens with zero attached hydrogens (tertiary/aromatic N) is 1. The molecule has 0 atom stereocenters. The first-order valence-corrected chi connectivity index (χ1v) is 8.10. The second-order valence-electron chi connectivity index (χ2n) is 5.57. The van der Waals surface area contributed by atoms with E-state index < -0.39 is 0 Å². The Balaban J connectivity index is 1.48. The summed E-state index contributed by atoms with van der Waals surface area (Å²) < 4.78 is 5.45. The molecule has 2 N–H and O–H groups in total. The van der Waals surface area contributed by atoms with E-state index in [0.29, 0.717) is 11.3 Å². The summed E-state index contributed by atoms with van der Waals surface area (Å²) in [6.07, 6.45) is 1.45. The van der Waals surface area contributed by atoms with Crippen LogP contribution in [0.1, 0.15) is 5.56 Å². The van der Waals surface area contributed by atoms with E-state index in [4.69, 9.17) is 4.74 Å². The van der Waals surface area contributed by atoms with Crippen molar-refractivity contribution < 1.29 is 14.6 Å². The van der Waals surface area contributed by atoms with E-state index in [-0.39, 0.29) is 18.3 Å². The van der Waals surface area contributed by atoms with Gasteiger partial charge in [0, 0.05) is 0 Å². The largest absolute Gasteiger partial charge is 0.508 e. The molecule has 0 fully saturated rings. The number of hydrogen-bond acceptors (Lipinski definition) is 4. The van der Waals surface area contributed by atoms with E-state index >= 15 is 0 Å². The molecule has 0 aliphatic heterocycles. The number of hydrazone groups is 1. The summed E-state index contributed by atoms with van der Waals surface area (Å²) in [6, 6.07) is 24.1. The van der Waals surface area contributed by atoms with Crippen molar-refractivity contribution in [1.29, 1.82) is 0 Å². The maximum Gasteiger partial charge on any atom is 0.277 e. The summed E-state index contributed by atoms with van der Waals surface area (Å²) in [5.41, 5.74) is 5.27. The molecule has 26 heavy (non-hydrogen) atoms. The fraction of sp³-hybridized carbons (Fsp3) is 0.0476. The molecule has 0 saturated carbocycles. The molecule has 3 rings (SSSR count). The van der Waals surface area contributed by atoms with Gasteiger partial charge < -0.3 is 9.84 Å². The van der Waals surface area contributed by atoms with Crippen molar-refractivity contribution in [3.8, 4) is 22.6 Å². The van der Waals surface area contributed by atoms with Gasteiger partial charge in [0.05, 0.1) is 6.21 Å². The van der Waals surface area contributed by atoms with Crippen LogP contribution in [0, 0.1) is 0 Å². The van der Waals surface area contributed by atoms with Gasteiger partial charge in [0.1, 0.15) is 11.5 Å². The highest BCUT2D eigenvalue weighted by Crippen LogP contribution is 2.21. The Labute approximate surface area is 151 Å². The number of hydrogen-bond donors (Lipinski definition) is 2. The summed E-state index contributed by atoms with van der Waals surface area (Å²) in [7, 11) is 0. The molecule has 0 aromatic heterocycles. The van der Waals surface area contributed by atoms with E-state index in [1.807, 2.05) is 54.6 Å². The van der Waals surface area contributed by atoms with Gasteiger partial charge in [-0.3, -0.25) is 4.79 Å². The highest BCUT2D eigenvalue weighted by Gasteiger charge is 2.02. The van der Waals surface area contributed by atoms with Crippen molar-refractivity contribution in [3.05, 3.63) is 84.4 Å². The zero-order chi connectivity index (χ0) is 18.2. The molecular formula is C21H18N2O3. The Morgan fingerprint density at radius 3 is 2.42 bits per heavy atom. The van der Waals surface area contributed by atoms with Crippen LogP contribution in [0.25, 0.3) is 11.1 Å². The van der Waals surface area contributed by atoms with E-state index in [0.717, 1.165) is 11.1 Å². The van der Waals surface area contributed by atoms with Crippen molar-refractivity contribution in [2.45, 2.75) is 0 Å². The minimum absolute atomic E-state index is 0.137.